The van der Waals surface area contributed by atoms with Gasteiger partial charge in [0.15, 0.2) is 11.6 Å². The fraction of sp³-hybridized carbons (Fsp3) is 0.538. The van der Waals surface area contributed by atoms with E-state index in [1.807, 2.05) is 20.0 Å². The maximum absolute atomic E-state index is 13.8. The van der Waals surface area contributed by atoms with Gasteiger partial charge in [-0.25, -0.2) is 9.82 Å². The third-order valence-electron chi connectivity index (χ3n) is 6.72. The molecule has 7 heteroatoms. The van der Waals surface area contributed by atoms with Gasteiger partial charge in [0.2, 0.25) is 0 Å². The van der Waals surface area contributed by atoms with Crippen molar-refractivity contribution in [1.82, 2.24) is 15.8 Å². The van der Waals surface area contributed by atoms with Gasteiger partial charge in [0.05, 0.1) is 13.7 Å². The number of carbonyl (C=O) groups excluding carboxylic acids is 1. The van der Waals surface area contributed by atoms with Crippen LogP contribution in [0.25, 0.3) is 0 Å². The Balaban J connectivity index is 1.74. The molecule has 1 fully saturated rings. The van der Waals surface area contributed by atoms with Gasteiger partial charge in [-0.1, -0.05) is 11.6 Å². The lowest BCUT2D eigenvalue weighted by molar-refractivity contribution is -0.107. The summed E-state index contributed by atoms with van der Waals surface area (Å²) in [6.07, 6.45) is 7.70. The summed E-state index contributed by atoms with van der Waals surface area (Å²) in [5, 5.41) is 5.69. The molecule has 2 N–H and O–H groups in total. The van der Waals surface area contributed by atoms with Crippen LogP contribution in [0, 0.1) is 5.82 Å². The Bertz CT molecular complexity index is 938. The molecule has 1 aliphatic heterocycles. The average Bonchev–Trinajstić information content (AvgIpc) is 2.83. The molecule has 1 unspecified atom stereocenters. The van der Waals surface area contributed by atoms with Crippen molar-refractivity contribution in [2.24, 2.45) is 4.99 Å². The quantitative estimate of drug-likeness (QED) is 0.520. The summed E-state index contributed by atoms with van der Waals surface area (Å²) < 4.78 is 19.0. The van der Waals surface area contributed by atoms with E-state index >= 15 is 0 Å². The maximum atomic E-state index is 13.8. The summed E-state index contributed by atoms with van der Waals surface area (Å²) in [5.41, 5.74) is 9.05. The Morgan fingerprint density at radius 1 is 1.30 bits per heavy atom. The van der Waals surface area contributed by atoms with E-state index in [1.54, 1.807) is 6.07 Å². The largest absolute Gasteiger partial charge is 0.494 e. The van der Waals surface area contributed by atoms with Crippen LogP contribution in [0.3, 0.4) is 0 Å². The van der Waals surface area contributed by atoms with Crippen molar-refractivity contribution in [3.63, 3.8) is 0 Å². The van der Waals surface area contributed by atoms with Crippen LogP contribution in [-0.4, -0.2) is 44.4 Å². The van der Waals surface area contributed by atoms with Crippen LogP contribution in [0.5, 0.6) is 5.75 Å². The lowest BCUT2D eigenvalue weighted by Gasteiger charge is -2.35. The van der Waals surface area contributed by atoms with Crippen molar-refractivity contribution in [3.05, 3.63) is 52.1 Å². The number of carbonyl (C=O) groups is 1. The van der Waals surface area contributed by atoms with Crippen molar-refractivity contribution in [3.8, 4) is 5.75 Å². The van der Waals surface area contributed by atoms with E-state index in [2.05, 4.69) is 22.7 Å². The number of rotatable bonds is 9. The summed E-state index contributed by atoms with van der Waals surface area (Å²) in [6.45, 7) is 5.45. The number of hydrogen-bond donors (Lipinski definition) is 2. The molecule has 2 aliphatic rings. The topological polar surface area (TPSA) is 66.0 Å². The van der Waals surface area contributed by atoms with Crippen molar-refractivity contribution in [1.29, 1.82) is 0 Å². The van der Waals surface area contributed by atoms with Gasteiger partial charge >= 0.3 is 0 Å². The monoisotopic (exact) mass is 456 g/mol. The standard InChI is InChI=1S/C26H37FN4O2/c1-18-7-5-6-8-23(18)30-24(19(2)13-14-32)16-29-26-12-10-21(17-31(26)28-3)20-9-11-22(27)25(15-20)33-4/h9,11,14-15,21,28,30H,5-8,10,12-13,16-17H2,1-4H3/b24-19-,29-26?. The molecular formula is C26H37FN4O2. The van der Waals surface area contributed by atoms with Gasteiger partial charge < -0.3 is 14.8 Å². The number of halogens is 1. The average molecular weight is 457 g/mol. The van der Waals surface area contributed by atoms with E-state index in [4.69, 9.17) is 9.73 Å². The molecule has 3 rings (SSSR count). The van der Waals surface area contributed by atoms with Crippen LogP contribution in [0.1, 0.15) is 70.3 Å². The van der Waals surface area contributed by atoms with Gasteiger partial charge in [0.1, 0.15) is 12.1 Å². The van der Waals surface area contributed by atoms with Crippen LogP contribution < -0.4 is 15.5 Å². The smallest absolute Gasteiger partial charge is 0.165 e. The Labute approximate surface area is 197 Å². The van der Waals surface area contributed by atoms with Gasteiger partial charge in [-0.05, 0) is 69.2 Å². The Hall–Kier alpha value is -2.67. The number of allylic oxidation sites excluding steroid dienone is 3. The number of nitrogens with zero attached hydrogens (tertiary/aromatic N) is 2. The molecule has 0 aromatic heterocycles. The molecule has 1 aliphatic carbocycles. The number of amidine groups is 1. The second kappa shape index (κ2) is 12.0. The predicted octanol–water partition coefficient (Wildman–Crippen LogP) is 4.85. The second-order valence-corrected chi connectivity index (χ2v) is 8.92. The molecule has 0 bridgehead atoms. The molecule has 33 heavy (non-hydrogen) atoms. The number of nitrogens with one attached hydrogen (secondary N) is 2. The first kappa shape index (κ1) is 25.0. The highest BCUT2D eigenvalue weighted by molar-refractivity contribution is 5.83. The molecule has 1 aromatic rings. The highest BCUT2D eigenvalue weighted by Gasteiger charge is 2.25. The lowest BCUT2D eigenvalue weighted by atomic mass is 9.90. The summed E-state index contributed by atoms with van der Waals surface area (Å²) in [7, 11) is 3.39. The van der Waals surface area contributed by atoms with Crippen LogP contribution >= 0.6 is 0 Å². The lowest BCUT2D eigenvalue weighted by Crippen LogP contribution is -2.46. The van der Waals surface area contributed by atoms with Crippen molar-refractivity contribution in [2.75, 3.05) is 27.2 Å². The second-order valence-electron chi connectivity index (χ2n) is 8.92. The highest BCUT2D eigenvalue weighted by atomic mass is 19.1. The van der Waals surface area contributed by atoms with Crippen LogP contribution in [0.15, 0.2) is 45.7 Å². The number of aliphatic imine (C=N–C) groups is 1. The molecule has 1 saturated heterocycles. The number of aldehydes is 1. The Morgan fingerprint density at radius 3 is 2.79 bits per heavy atom. The zero-order chi connectivity index (χ0) is 23.8. The first-order chi connectivity index (χ1) is 16.0. The minimum absolute atomic E-state index is 0.255. The normalized spacial score (nSPS) is 21.2. The number of hydrazine groups is 1. The predicted molar refractivity (Wildman–Crippen MR) is 131 cm³/mol. The molecule has 180 valence electrons. The van der Waals surface area contributed by atoms with Crippen molar-refractivity contribution in [2.45, 2.75) is 64.7 Å². The number of hydrogen-bond acceptors (Lipinski definition) is 5. The first-order valence-electron chi connectivity index (χ1n) is 11.9. The highest BCUT2D eigenvalue weighted by Crippen LogP contribution is 2.31. The van der Waals surface area contributed by atoms with Gasteiger partial charge in [-0.15, -0.1) is 0 Å². The fourth-order valence-electron chi connectivity index (χ4n) is 4.55. The molecule has 1 atom stereocenters. The number of piperidine rings is 1. The van der Waals surface area contributed by atoms with Gasteiger partial charge in [0, 0.05) is 43.7 Å². The van der Waals surface area contributed by atoms with Crippen molar-refractivity contribution >= 4 is 12.1 Å². The molecule has 6 nitrogen and oxygen atoms in total. The molecule has 0 radical (unpaired) electrons. The number of benzene rings is 1. The third-order valence-corrected chi connectivity index (χ3v) is 6.72. The van der Waals surface area contributed by atoms with E-state index in [9.17, 15) is 9.18 Å². The fourth-order valence-corrected chi connectivity index (χ4v) is 4.55. The van der Waals surface area contributed by atoms with E-state index in [-0.39, 0.29) is 17.5 Å². The number of ether oxygens (including phenoxy) is 1. The van der Waals surface area contributed by atoms with E-state index in [0.29, 0.717) is 13.0 Å². The molecule has 0 spiro atoms. The van der Waals surface area contributed by atoms with E-state index < -0.39 is 0 Å². The summed E-state index contributed by atoms with van der Waals surface area (Å²) in [5.74, 6) is 1.19. The molecule has 0 saturated carbocycles. The van der Waals surface area contributed by atoms with Crippen LogP contribution in [0.4, 0.5) is 4.39 Å². The maximum Gasteiger partial charge on any atom is 0.165 e. The summed E-state index contributed by atoms with van der Waals surface area (Å²) in [4.78, 5) is 16.1. The van der Waals surface area contributed by atoms with Gasteiger partial charge in [-0.3, -0.25) is 10.0 Å². The zero-order valence-corrected chi connectivity index (χ0v) is 20.3. The summed E-state index contributed by atoms with van der Waals surface area (Å²) in [6, 6.07) is 5.11. The zero-order valence-electron chi connectivity index (χ0n) is 20.3. The molecule has 1 aromatic carbocycles. The minimum Gasteiger partial charge on any atom is -0.494 e. The molecular weight excluding hydrogens is 419 g/mol. The van der Waals surface area contributed by atoms with E-state index in [0.717, 1.165) is 61.2 Å². The summed E-state index contributed by atoms with van der Waals surface area (Å²) >= 11 is 0. The molecule has 1 heterocycles. The van der Waals surface area contributed by atoms with Crippen LogP contribution in [0.2, 0.25) is 0 Å². The van der Waals surface area contributed by atoms with Gasteiger partial charge in [0.25, 0.3) is 0 Å². The van der Waals surface area contributed by atoms with Crippen LogP contribution in [-0.2, 0) is 4.79 Å². The SMILES string of the molecule is CNN1CC(c2ccc(F)c(OC)c2)CCC1=NC/C(NC1=C(C)CCCC1)=C(\C)CC=O. The molecule has 0 amide bonds. The Morgan fingerprint density at radius 2 is 2.09 bits per heavy atom. The van der Waals surface area contributed by atoms with E-state index in [1.165, 1.54) is 37.3 Å². The third kappa shape index (κ3) is 6.44. The number of methoxy groups -OCH3 is 1. The first-order valence-corrected chi connectivity index (χ1v) is 11.9. The Kier molecular flexibility index (Phi) is 9.06. The van der Waals surface area contributed by atoms with Gasteiger partial charge in [-0.2, -0.15) is 0 Å². The minimum atomic E-state index is -0.342. The van der Waals surface area contributed by atoms with Crippen molar-refractivity contribution < 1.29 is 13.9 Å².